The van der Waals surface area contributed by atoms with Crippen LogP contribution in [-0.4, -0.2) is 80.4 Å². The highest BCUT2D eigenvalue weighted by Crippen LogP contribution is 2.28. The van der Waals surface area contributed by atoms with Crippen LogP contribution in [0.2, 0.25) is 0 Å². The molecule has 1 aromatic carbocycles. The minimum atomic E-state index is -0.475. The lowest BCUT2D eigenvalue weighted by Gasteiger charge is -2.39. The van der Waals surface area contributed by atoms with Crippen LogP contribution in [0.1, 0.15) is 33.3 Å². The molecule has 0 aromatic heterocycles. The number of nitrogens with zero attached hydrogens (tertiary/aromatic N) is 3. The van der Waals surface area contributed by atoms with E-state index in [4.69, 9.17) is 19.2 Å². The van der Waals surface area contributed by atoms with E-state index in [1.54, 1.807) is 19.1 Å². The molecule has 8 nitrogen and oxygen atoms in total. The average Bonchev–Trinajstić information content (AvgIpc) is 3.13. The van der Waals surface area contributed by atoms with E-state index in [-0.39, 0.29) is 12.1 Å². The van der Waals surface area contributed by atoms with Crippen molar-refractivity contribution in [3.8, 4) is 11.5 Å². The highest BCUT2D eigenvalue weighted by Gasteiger charge is 2.36. The summed E-state index contributed by atoms with van der Waals surface area (Å²) in [6.45, 7) is 11.5. The van der Waals surface area contributed by atoms with E-state index in [1.807, 2.05) is 32.9 Å². The first-order chi connectivity index (χ1) is 14.7. The Morgan fingerprint density at radius 2 is 1.97 bits per heavy atom. The number of amides is 1. The maximum absolute atomic E-state index is 12.4. The minimum Gasteiger partial charge on any atom is -0.493 e. The van der Waals surface area contributed by atoms with Crippen LogP contribution in [-0.2, 0) is 11.2 Å². The molecule has 0 radical (unpaired) electrons. The maximum Gasteiger partial charge on any atom is 0.410 e. The van der Waals surface area contributed by atoms with Crippen molar-refractivity contribution < 1.29 is 19.0 Å². The molecule has 1 saturated heterocycles. The molecule has 2 aliphatic rings. The van der Waals surface area contributed by atoms with Crippen molar-refractivity contribution in [2.75, 3.05) is 46.9 Å². The fourth-order valence-electron chi connectivity index (χ4n) is 3.97. The number of rotatable bonds is 6. The van der Waals surface area contributed by atoms with Crippen LogP contribution in [0.4, 0.5) is 4.79 Å². The number of methoxy groups -OCH3 is 2. The fourth-order valence-corrected chi connectivity index (χ4v) is 3.97. The summed E-state index contributed by atoms with van der Waals surface area (Å²) in [4.78, 5) is 21.1. The van der Waals surface area contributed by atoms with Gasteiger partial charge < -0.3 is 29.3 Å². The molecule has 1 amide bonds. The van der Waals surface area contributed by atoms with Gasteiger partial charge in [0.25, 0.3) is 0 Å². The first-order valence-electron chi connectivity index (χ1n) is 10.9. The number of piperazine rings is 1. The Hall–Kier alpha value is -2.64. The molecule has 2 unspecified atom stereocenters. The molecule has 8 heteroatoms. The molecule has 1 aromatic rings. The molecule has 0 saturated carbocycles. The van der Waals surface area contributed by atoms with Gasteiger partial charge in [0.05, 0.1) is 26.8 Å². The van der Waals surface area contributed by atoms with Crippen LogP contribution in [0.25, 0.3) is 0 Å². The Labute approximate surface area is 185 Å². The van der Waals surface area contributed by atoms with Gasteiger partial charge in [0.1, 0.15) is 5.60 Å². The second-order valence-corrected chi connectivity index (χ2v) is 9.32. The zero-order valence-electron chi connectivity index (χ0n) is 19.6. The van der Waals surface area contributed by atoms with E-state index in [1.165, 1.54) is 5.56 Å². The summed E-state index contributed by atoms with van der Waals surface area (Å²) in [6, 6.07) is 6.28. The normalized spacial score (nSPS) is 19.4. The Kier molecular flexibility index (Phi) is 7.18. The van der Waals surface area contributed by atoms with E-state index < -0.39 is 5.60 Å². The number of hydrogen-bond donors (Lipinski definition) is 1. The molecular weight excluding hydrogens is 396 g/mol. The van der Waals surface area contributed by atoms with Gasteiger partial charge in [0.15, 0.2) is 17.5 Å². The second-order valence-electron chi connectivity index (χ2n) is 9.32. The standard InChI is InChI=1S/C23H36N4O4/c1-16(11-17-7-8-19(29-5)20(12-17)30-6)13-24-21-25-14-18-15-26(9-10-27(18)21)22(28)31-23(2,3)4/h7-8,12,16,18H,9-11,13-15H2,1-6H3,(H,24,25). The van der Waals surface area contributed by atoms with Gasteiger partial charge in [0, 0.05) is 26.2 Å². The highest BCUT2D eigenvalue weighted by molar-refractivity contribution is 5.82. The summed E-state index contributed by atoms with van der Waals surface area (Å²) in [6.07, 6.45) is 0.688. The number of ether oxygens (including phenoxy) is 3. The number of nitrogens with one attached hydrogen (secondary N) is 1. The van der Waals surface area contributed by atoms with Crippen LogP contribution in [0.15, 0.2) is 23.2 Å². The van der Waals surface area contributed by atoms with E-state index in [0.29, 0.717) is 25.6 Å². The SMILES string of the molecule is COc1ccc(CC(C)CNC2=NCC3CN(C(=O)OC(C)(C)C)CCN23)cc1OC. The largest absolute Gasteiger partial charge is 0.493 e. The molecule has 2 atom stereocenters. The lowest BCUT2D eigenvalue weighted by molar-refractivity contribution is 0.0137. The first kappa shape index (κ1) is 23.0. The third-order valence-electron chi connectivity index (χ3n) is 5.50. The zero-order chi connectivity index (χ0) is 22.6. The van der Waals surface area contributed by atoms with Gasteiger partial charge in [-0.2, -0.15) is 0 Å². The Morgan fingerprint density at radius 1 is 1.23 bits per heavy atom. The Morgan fingerprint density at radius 3 is 2.65 bits per heavy atom. The lowest BCUT2D eigenvalue weighted by atomic mass is 10.0. The van der Waals surface area contributed by atoms with Crippen LogP contribution in [0.3, 0.4) is 0 Å². The van der Waals surface area contributed by atoms with Gasteiger partial charge in [0.2, 0.25) is 0 Å². The smallest absolute Gasteiger partial charge is 0.410 e. The van der Waals surface area contributed by atoms with Crippen molar-refractivity contribution in [3.05, 3.63) is 23.8 Å². The number of benzene rings is 1. The van der Waals surface area contributed by atoms with Crippen molar-refractivity contribution in [3.63, 3.8) is 0 Å². The van der Waals surface area contributed by atoms with Gasteiger partial charge in [-0.15, -0.1) is 0 Å². The third-order valence-corrected chi connectivity index (χ3v) is 5.50. The second kappa shape index (κ2) is 9.66. The van der Waals surface area contributed by atoms with E-state index in [0.717, 1.165) is 37.0 Å². The lowest BCUT2D eigenvalue weighted by Crippen LogP contribution is -2.57. The Balaban J connectivity index is 1.48. The molecule has 2 heterocycles. The molecule has 172 valence electrons. The third kappa shape index (κ3) is 5.95. The predicted octanol–water partition coefficient (Wildman–Crippen LogP) is 2.76. The molecule has 0 spiro atoms. The minimum absolute atomic E-state index is 0.213. The van der Waals surface area contributed by atoms with Crippen molar-refractivity contribution in [2.45, 2.75) is 45.8 Å². The molecule has 31 heavy (non-hydrogen) atoms. The number of fused-ring (bicyclic) bond motifs is 1. The summed E-state index contributed by atoms with van der Waals surface area (Å²) < 4.78 is 16.2. The van der Waals surface area contributed by atoms with E-state index >= 15 is 0 Å². The summed E-state index contributed by atoms with van der Waals surface area (Å²) in [7, 11) is 3.30. The fraction of sp³-hybridized carbons (Fsp3) is 0.652. The van der Waals surface area contributed by atoms with Gasteiger partial charge >= 0.3 is 6.09 Å². The molecule has 0 bridgehead atoms. The predicted molar refractivity (Wildman–Crippen MR) is 121 cm³/mol. The summed E-state index contributed by atoms with van der Waals surface area (Å²) >= 11 is 0. The van der Waals surface area contributed by atoms with Crippen molar-refractivity contribution in [1.82, 2.24) is 15.1 Å². The molecular formula is C23H36N4O4. The highest BCUT2D eigenvalue weighted by atomic mass is 16.6. The quantitative estimate of drug-likeness (QED) is 0.745. The van der Waals surface area contributed by atoms with Crippen LogP contribution in [0.5, 0.6) is 11.5 Å². The van der Waals surface area contributed by atoms with Crippen LogP contribution < -0.4 is 14.8 Å². The number of carbonyl (C=O) groups excluding carboxylic acids is 1. The summed E-state index contributed by atoms with van der Waals surface area (Å²) in [5.74, 6) is 2.86. The molecule has 1 fully saturated rings. The van der Waals surface area contributed by atoms with Crippen molar-refractivity contribution in [2.24, 2.45) is 10.9 Å². The van der Waals surface area contributed by atoms with Gasteiger partial charge in [-0.1, -0.05) is 13.0 Å². The van der Waals surface area contributed by atoms with Crippen LogP contribution in [0, 0.1) is 5.92 Å². The van der Waals surface area contributed by atoms with Crippen molar-refractivity contribution >= 4 is 12.1 Å². The topological polar surface area (TPSA) is 75.6 Å². The number of carbonyl (C=O) groups is 1. The summed E-state index contributed by atoms with van der Waals surface area (Å²) in [5.41, 5.74) is 0.737. The first-order valence-corrected chi connectivity index (χ1v) is 10.9. The molecule has 1 N–H and O–H groups in total. The Bertz CT molecular complexity index is 805. The monoisotopic (exact) mass is 432 g/mol. The zero-order valence-corrected chi connectivity index (χ0v) is 19.6. The number of hydrogen-bond acceptors (Lipinski definition) is 7. The molecule has 2 aliphatic heterocycles. The maximum atomic E-state index is 12.4. The number of guanidine groups is 1. The molecule has 3 rings (SSSR count). The van der Waals surface area contributed by atoms with Gasteiger partial charge in [-0.05, 0) is 50.8 Å². The van der Waals surface area contributed by atoms with Crippen molar-refractivity contribution in [1.29, 1.82) is 0 Å². The summed E-state index contributed by atoms with van der Waals surface area (Å²) in [5, 5.41) is 3.52. The van der Waals surface area contributed by atoms with Gasteiger partial charge in [-0.25, -0.2) is 4.79 Å². The number of aliphatic imine (C=N–C) groups is 1. The molecule has 0 aliphatic carbocycles. The van der Waals surface area contributed by atoms with Crippen LogP contribution >= 0.6 is 0 Å². The van der Waals surface area contributed by atoms with Gasteiger partial charge in [-0.3, -0.25) is 4.99 Å². The van der Waals surface area contributed by atoms with E-state index in [9.17, 15) is 4.79 Å². The van der Waals surface area contributed by atoms with E-state index in [2.05, 4.69) is 23.2 Å². The average molecular weight is 433 g/mol.